The zero-order valence-electron chi connectivity index (χ0n) is 10.1. The van der Waals surface area contributed by atoms with Crippen LogP contribution < -0.4 is 5.32 Å². The standard InChI is InChI=1S/C14H12BrFN2O/c15-12-6-3-5-11(13(12)16)14(19)18-9-7-10-4-1-2-8-17-10/h1-6,8H,7,9H2,(H,18,19). The molecule has 1 aromatic carbocycles. The Morgan fingerprint density at radius 1 is 1.26 bits per heavy atom. The van der Waals surface area contributed by atoms with E-state index in [1.807, 2.05) is 18.2 Å². The smallest absolute Gasteiger partial charge is 0.254 e. The molecule has 0 aliphatic carbocycles. The third-order valence-corrected chi connectivity index (χ3v) is 3.20. The van der Waals surface area contributed by atoms with Crippen molar-refractivity contribution in [1.82, 2.24) is 10.3 Å². The van der Waals surface area contributed by atoms with Crippen LogP contribution in [0, 0.1) is 5.82 Å². The molecule has 0 aliphatic heterocycles. The normalized spacial score (nSPS) is 10.2. The molecule has 0 aliphatic rings. The molecule has 0 unspecified atom stereocenters. The fourth-order valence-electron chi connectivity index (χ4n) is 1.62. The molecule has 1 heterocycles. The molecule has 0 spiro atoms. The molecule has 3 nitrogen and oxygen atoms in total. The van der Waals surface area contributed by atoms with Gasteiger partial charge in [-0.05, 0) is 40.2 Å². The van der Waals surface area contributed by atoms with Gasteiger partial charge in [0.2, 0.25) is 0 Å². The average molecular weight is 323 g/mol. The molecule has 1 amide bonds. The van der Waals surface area contributed by atoms with E-state index in [1.165, 1.54) is 6.07 Å². The van der Waals surface area contributed by atoms with Gasteiger partial charge in [-0.25, -0.2) is 4.39 Å². The minimum Gasteiger partial charge on any atom is -0.352 e. The summed E-state index contributed by atoms with van der Waals surface area (Å²) in [6.07, 6.45) is 2.31. The zero-order chi connectivity index (χ0) is 13.7. The number of amides is 1. The van der Waals surface area contributed by atoms with Gasteiger partial charge in [0, 0.05) is 24.9 Å². The van der Waals surface area contributed by atoms with Crippen molar-refractivity contribution in [3.05, 3.63) is 64.1 Å². The average Bonchev–Trinajstić information content (AvgIpc) is 2.43. The van der Waals surface area contributed by atoms with Gasteiger partial charge < -0.3 is 5.32 Å². The molecule has 1 aromatic heterocycles. The summed E-state index contributed by atoms with van der Waals surface area (Å²) < 4.78 is 14.0. The van der Waals surface area contributed by atoms with Crippen LogP contribution >= 0.6 is 15.9 Å². The molecular formula is C14H12BrFN2O. The summed E-state index contributed by atoms with van der Waals surface area (Å²) in [6, 6.07) is 10.2. The van der Waals surface area contributed by atoms with Crippen LogP contribution in [0.2, 0.25) is 0 Å². The predicted octanol–water partition coefficient (Wildman–Crippen LogP) is 2.96. The third kappa shape index (κ3) is 3.61. The van der Waals surface area contributed by atoms with Crippen molar-refractivity contribution >= 4 is 21.8 Å². The van der Waals surface area contributed by atoms with Crippen LogP contribution in [0.15, 0.2) is 47.1 Å². The van der Waals surface area contributed by atoms with Gasteiger partial charge in [0.05, 0.1) is 10.0 Å². The molecule has 1 N–H and O–H groups in total. The topological polar surface area (TPSA) is 42.0 Å². The lowest BCUT2D eigenvalue weighted by Crippen LogP contribution is -2.26. The zero-order valence-corrected chi connectivity index (χ0v) is 11.7. The second-order valence-electron chi connectivity index (χ2n) is 3.93. The van der Waals surface area contributed by atoms with E-state index in [0.29, 0.717) is 13.0 Å². The van der Waals surface area contributed by atoms with E-state index >= 15 is 0 Å². The molecule has 5 heteroatoms. The quantitative estimate of drug-likeness (QED) is 0.940. The molecule has 19 heavy (non-hydrogen) atoms. The fourth-order valence-corrected chi connectivity index (χ4v) is 1.99. The lowest BCUT2D eigenvalue weighted by Gasteiger charge is -2.06. The highest BCUT2D eigenvalue weighted by atomic mass is 79.9. The number of carbonyl (C=O) groups excluding carboxylic acids is 1. The van der Waals surface area contributed by atoms with Gasteiger partial charge in [-0.15, -0.1) is 0 Å². The fraction of sp³-hybridized carbons (Fsp3) is 0.143. The summed E-state index contributed by atoms with van der Waals surface area (Å²) in [5.41, 5.74) is 0.924. The van der Waals surface area contributed by atoms with Gasteiger partial charge in [-0.1, -0.05) is 12.1 Å². The van der Waals surface area contributed by atoms with E-state index < -0.39 is 11.7 Å². The predicted molar refractivity (Wildman–Crippen MR) is 74.4 cm³/mol. The molecule has 0 atom stereocenters. The minimum atomic E-state index is -0.544. The number of rotatable bonds is 4. The lowest BCUT2D eigenvalue weighted by molar-refractivity contribution is 0.0950. The van der Waals surface area contributed by atoms with Crippen molar-refractivity contribution in [3.8, 4) is 0 Å². The summed E-state index contributed by atoms with van der Waals surface area (Å²) >= 11 is 3.05. The van der Waals surface area contributed by atoms with Crippen LogP contribution in [-0.4, -0.2) is 17.4 Å². The Labute approximate surface area is 119 Å². The van der Waals surface area contributed by atoms with Crippen molar-refractivity contribution in [1.29, 1.82) is 0 Å². The first-order chi connectivity index (χ1) is 9.18. The molecule has 0 saturated heterocycles. The van der Waals surface area contributed by atoms with E-state index in [-0.39, 0.29) is 10.0 Å². The van der Waals surface area contributed by atoms with E-state index in [1.54, 1.807) is 18.3 Å². The molecule has 0 bridgehead atoms. The van der Waals surface area contributed by atoms with E-state index in [0.717, 1.165) is 5.69 Å². The van der Waals surface area contributed by atoms with E-state index in [2.05, 4.69) is 26.2 Å². The summed E-state index contributed by atoms with van der Waals surface area (Å²) in [7, 11) is 0. The lowest BCUT2D eigenvalue weighted by atomic mass is 10.2. The highest BCUT2D eigenvalue weighted by Gasteiger charge is 2.13. The number of carbonyl (C=O) groups is 1. The molecule has 2 rings (SSSR count). The van der Waals surface area contributed by atoms with E-state index in [9.17, 15) is 9.18 Å². The number of halogens is 2. The maximum atomic E-state index is 13.7. The van der Waals surface area contributed by atoms with Gasteiger partial charge in [0.1, 0.15) is 5.82 Å². The van der Waals surface area contributed by atoms with Gasteiger partial charge in [-0.3, -0.25) is 9.78 Å². The Bertz CT molecular complexity index is 575. The number of nitrogens with one attached hydrogen (secondary N) is 1. The van der Waals surface area contributed by atoms with Gasteiger partial charge in [0.15, 0.2) is 0 Å². The van der Waals surface area contributed by atoms with Crippen molar-refractivity contribution in [3.63, 3.8) is 0 Å². The number of pyridine rings is 1. The van der Waals surface area contributed by atoms with Crippen LogP contribution in [0.3, 0.4) is 0 Å². The van der Waals surface area contributed by atoms with Crippen LogP contribution in [0.1, 0.15) is 16.1 Å². The SMILES string of the molecule is O=C(NCCc1ccccn1)c1cccc(Br)c1F. The van der Waals surface area contributed by atoms with Crippen molar-refractivity contribution in [2.75, 3.05) is 6.54 Å². The Morgan fingerprint density at radius 2 is 2.11 bits per heavy atom. The maximum Gasteiger partial charge on any atom is 0.254 e. The number of hydrogen-bond acceptors (Lipinski definition) is 2. The number of hydrogen-bond donors (Lipinski definition) is 1. The number of benzene rings is 1. The minimum absolute atomic E-state index is 0.0374. The first kappa shape index (κ1) is 13.7. The number of nitrogens with zero attached hydrogens (tertiary/aromatic N) is 1. The Hall–Kier alpha value is -1.75. The molecule has 0 radical (unpaired) electrons. The summed E-state index contributed by atoms with van der Waals surface area (Å²) in [4.78, 5) is 16.0. The van der Waals surface area contributed by atoms with Crippen molar-refractivity contribution in [2.45, 2.75) is 6.42 Å². The van der Waals surface area contributed by atoms with Crippen LogP contribution in [0.5, 0.6) is 0 Å². The maximum absolute atomic E-state index is 13.7. The second kappa shape index (κ2) is 6.43. The van der Waals surface area contributed by atoms with E-state index in [4.69, 9.17) is 0 Å². The Kier molecular flexibility index (Phi) is 4.63. The first-order valence-corrected chi connectivity index (χ1v) is 6.60. The monoisotopic (exact) mass is 322 g/mol. The van der Waals surface area contributed by atoms with Crippen LogP contribution in [0.4, 0.5) is 4.39 Å². The van der Waals surface area contributed by atoms with Gasteiger partial charge in [-0.2, -0.15) is 0 Å². The molecule has 0 saturated carbocycles. The van der Waals surface area contributed by atoms with Crippen LogP contribution in [0.25, 0.3) is 0 Å². The molecule has 98 valence electrons. The summed E-state index contributed by atoms with van der Waals surface area (Å²) in [5, 5.41) is 2.68. The first-order valence-electron chi connectivity index (χ1n) is 5.80. The summed E-state index contributed by atoms with van der Waals surface area (Å²) in [6.45, 7) is 0.418. The largest absolute Gasteiger partial charge is 0.352 e. The van der Waals surface area contributed by atoms with Gasteiger partial charge in [0.25, 0.3) is 5.91 Å². The summed E-state index contributed by atoms with van der Waals surface area (Å²) in [5.74, 6) is -0.965. The van der Waals surface area contributed by atoms with Crippen molar-refractivity contribution < 1.29 is 9.18 Å². The van der Waals surface area contributed by atoms with Crippen molar-refractivity contribution in [2.24, 2.45) is 0 Å². The molecule has 0 fully saturated rings. The highest BCUT2D eigenvalue weighted by Crippen LogP contribution is 2.18. The highest BCUT2D eigenvalue weighted by molar-refractivity contribution is 9.10. The van der Waals surface area contributed by atoms with Gasteiger partial charge >= 0.3 is 0 Å². The Morgan fingerprint density at radius 3 is 2.84 bits per heavy atom. The number of aromatic nitrogens is 1. The molecular weight excluding hydrogens is 311 g/mol. The Balaban J connectivity index is 1.93. The molecule has 2 aromatic rings. The van der Waals surface area contributed by atoms with Crippen LogP contribution in [-0.2, 0) is 6.42 Å². The third-order valence-electron chi connectivity index (χ3n) is 2.59. The second-order valence-corrected chi connectivity index (χ2v) is 4.78.